The number of hydrogen-bond acceptors (Lipinski definition) is 2. The summed E-state index contributed by atoms with van der Waals surface area (Å²) in [7, 11) is 0. The molecule has 4 saturated carbocycles. The van der Waals surface area contributed by atoms with Crippen LogP contribution in [0.25, 0.3) is 0 Å². The number of ketones is 1. The fourth-order valence-electron chi connectivity index (χ4n) is 7.93. The SMILES string of the molecule is CC[C@]12CC[C@H]3[C@@H](CC[C@@H]4C[C@H](O)CC[C@@H]43)[C@@H]1CC[C@@H]2C(C)=O. The number of Topliss-reactive ketones (excluding diaryl/α,β-unsaturated/α-hetero) is 1. The van der Waals surface area contributed by atoms with Gasteiger partial charge in [-0.1, -0.05) is 6.92 Å². The van der Waals surface area contributed by atoms with Gasteiger partial charge in [0.2, 0.25) is 0 Å². The average molecular weight is 319 g/mol. The van der Waals surface area contributed by atoms with Gasteiger partial charge in [-0.25, -0.2) is 0 Å². The standard InChI is InChI=1S/C21H34O2/c1-3-21-11-10-17-16-7-5-15(23)12-14(16)4-6-18(17)20(21)9-8-19(21)13(2)22/h14-20,23H,3-12H2,1-2H3/t14-,15-,16+,17-,18-,19-,20+,21-/m1/s1. The summed E-state index contributed by atoms with van der Waals surface area (Å²) in [5.74, 6) is 5.07. The lowest BCUT2D eigenvalue weighted by atomic mass is 9.48. The molecule has 0 aromatic carbocycles. The molecule has 0 aromatic heterocycles. The summed E-state index contributed by atoms with van der Waals surface area (Å²) < 4.78 is 0. The van der Waals surface area contributed by atoms with Crippen molar-refractivity contribution in [2.45, 2.75) is 84.2 Å². The lowest BCUT2D eigenvalue weighted by Crippen LogP contribution is -2.50. The highest BCUT2D eigenvalue weighted by molar-refractivity contribution is 5.79. The Morgan fingerprint density at radius 2 is 1.78 bits per heavy atom. The molecule has 0 unspecified atom stereocenters. The van der Waals surface area contributed by atoms with Crippen LogP contribution in [0.15, 0.2) is 0 Å². The Morgan fingerprint density at radius 3 is 2.52 bits per heavy atom. The first-order chi connectivity index (χ1) is 11.1. The molecule has 0 radical (unpaired) electrons. The molecule has 4 fully saturated rings. The summed E-state index contributed by atoms with van der Waals surface area (Å²) in [4.78, 5) is 12.3. The van der Waals surface area contributed by atoms with Crippen molar-refractivity contribution in [1.82, 2.24) is 0 Å². The lowest BCUT2D eigenvalue weighted by Gasteiger charge is -2.56. The summed E-state index contributed by atoms with van der Waals surface area (Å²) >= 11 is 0. The third kappa shape index (κ3) is 2.34. The minimum absolute atomic E-state index is 0.0281. The minimum Gasteiger partial charge on any atom is -0.393 e. The van der Waals surface area contributed by atoms with Crippen molar-refractivity contribution >= 4 is 5.78 Å². The first-order valence-electron chi connectivity index (χ1n) is 10.3. The zero-order valence-electron chi connectivity index (χ0n) is 15.0. The normalized spacial score (nSPS) is 52.4. The third-order valence-electron chi connectivity index (χ3n) is 8.79. The summed E-state index contributed by atoms with van der Waals surface area (Å²) in [5, 5.41) is 10.0. The molecule has 8 atom stereocenters. The quantitative estimate of drug-likeness (QED) is 0.808. The van der Waals surface area contributed by atoms with Gasteiger partial charge in [-0.15, -0.1) is 0 Å². The van der Waals surface area contributed by atoms with Gasteiger partial charge < -0.3 is 5.11 Å². The summed E-state index contributed by atoms with van der Waals surface area (Å²) in [6, 6.07) is 0. The number of fused-ring (bicyclic) bond motifs is 5. The van der Waals surface area contributed by atoms with Crippen LogP contribution in [0.5, 0.6) is 0 Å². The highest BCUT2D eigenvalue weighted by Crippen LogP contribution is 2.65. The van der Waals surface area contributed by atoms with E-state index in [-0.39, 0.29) is 6.10 Å². The predicted molar refractivity (Wildman–Crippen MR) is 91.9 cm³/mol. The number of rotatable bonds is 2. The van der Waals surface area contributed by atoms with Crippen LogP contribution in [0, 0.1) is 40.9 Å². The first kappa shape index (κ1) is 16.1. The number of aliphatic hydroxyl groups excluding tert-OH is 1. The Labute approximate surface area is 141 Å². The lowest BCUT2D eigenvalue weighted by molar-refractivity contribution is -0.130. The first-order valence-corrected chi connectivity index (χ1v) is 10.3. The predicted octanol–water partition coefficient (Wildman–Crippen LogP) is 4.60. The second-order valence-corrected chi connectivity index (χ2v) is 9.27. The van der Waals surface area contributed by atoms with Crippen LogP contribution in [-0.2, 0) is 4.79 Å². The number of carbonyl (C=O) groups excluding carboxylic acids is 1. The Kier molecular flexibility index (Phi) is 4.11. The molecule has 0 amide bonds. The highest BCUT2D eigenvalue weighted by atomic mass is 16.3. The number of carbonyl (C=O) groups is 1. The molecule has 4 rings (SSSR count). The van der Waals surface area contributed by atoms with Gasteiger partial charge >= 0.3 is 0 Å². The molecule has 130 valence electrons. The van der Waals surface area contributed by atoms with E-state index in [1.807, 2.05) is 6.92 Å². The molecule has 0 aromatic rings. The summed E-state index contributed by atoms with van der Waals surface area (Å²) in [6.45, 7) is 4.19. The minimum atomic E-state index is -0.0281. The molecular formula is C21H34O2. The van der Waals surface area contributed by atoms with Crippen molar-refractivity contribution in [3.63, 3.8) is 0 Å². The van der Waals surface area contributed by atoms with Crippen LogP contribution < -0.4 is 0 Å². The number of hydrogen-bond donors (Lipinski definition) is 1. The van der Waals surface area contributed by atoms with Gasteiger partial charge in [-0.2, -0.15) is 0 Å². The third-order valence-corrected chi connectivity index (χ3v) is 8.79. The van der Waals surface area contributed by atoms with Gasteiger partial charge in [0.05, 0.1) is 6.10 Å². The fourth-order valence-corrected chi connectivity index (χ4v) is 7.93. The van der Waals surface area contributed by atoms with E-state index in [1.54, 1.807) is 0 Å². The van der Waals surface area contributed by atoms with Crippen molar-refractivity contribution in [1.29, 1.82) is 0 Å². The van der Waals surface area contributed by atoms with E-state index >= 15 is 0 Å². The molecule has 2 heteroatoms. The second kappa shape index (κ2) is 5.86. The van der Waals surface area contributed by atoms with Gasteiger partial charge in [-0.05, 0) is 106 Å². The molecule has 4 aliphatic rings. The van der Waals surface area contributed by atoms with Gasteiger partial charge in [0.15, 0.2) is 0 Å². The monoisotopic (exact) mass is 318 g/mol. The van der Waals surface area contributed by atoms with E-state index in [1.165, 1.54) is 44.9 Å². The van der Waals surface area contributed by atoms with E-state index in [0.29, 0.717) is 17.1 Å². The van der Waals surface area contributed by atoms with Crippen LogP contribution in [0.2, 0.25) is 0 Å². The van der Waals surface area contributed by atoms with Gasteiger partial charge in [0.1, 0.15) is 5.78 Å². The van der Waals surface area contributed by atoms with Crippen molar-refractivity contribution in [2.75, 3.05) is 0 Å². The van der Waals surface area contributed by atoms with Crippen LogP contribution in [0.3, 0.4) is 0 Å². The van der Waals surface area contributed by atoms with Crippen LogP contribution in [-0.4, -0.2) is 17.0 Å². The molecule has 2 nitrogen and oxygen atoms in total. The van der Waals surface area contributed by atoms with Crippen molar-refractivity contribution in [3.05, 3.63) is 0 Å². The molecule has 0 aliphatic heterocycles. The van der Waals surface area contributed by atoms with Crippen LogP contribution in [0.1, 0.15) is 78.1 Å². The molecule has 1 N–H and O–H groups in total. The Morgan fingerprint density at radius 1 is 1.00 bits per heavy atom. The van der Waals surface area contributed by atoms with Gasteiger partial charge in [-0.3, -0.25) is 4.79 Å². The Bertz CT molecular complexity index is 472. The molecular weight excluding hydrogens is 284 g/mol. The molecule has 23 heavy (non-hydrogen) atoms. The Balaban J connectivity index is 1.59. The van der Waals surface area contributed by atoms with Crippen LogP contribution in [0.4, 0.5) is 0 Å². The largest absolute Gasteiger partial charge is 0.393 e. The molecule has 0 spiro atoms. The van der Waals surface area contributed by atoms with E-state index in [9.17, 15) is 9.90 Å². The highest BCUT2D eigenvalue weighted by Gasteiger charge is 2.59. The average Bonchev–Trinajstić information content (AvgIpc) is 2.94. The van der Waals surface area contributed by atoms with Gasteiger partial charge in [0, 0.05) is 5.92 Å². The van der Waals surface area contributed by atoms with Crippen molar-refractivity contribution in [2.24, 2.45) is 40.9 Å². The molecule has 0 heterocycles. The zero-order valence-corrected chi connectivity index (χ0v) is 15.0. The molecule has 4 aliphatic carbocycles. The van der Waals surface area contributed by atoms with Crippen LogP contribution >= 0.6 is 0 Å². The smallest absolute Gasteiger partial charge is 0.133 e. The summed E-state index contributed by atoms with van der Waals surface area (Å²) in [6.07, 6.45) is 12.4. The molecule has 0 saturated heterocycles. The number of aliphatic hydroxyl groups is 1. The van der Waals surface area contributed by atoms with E-state index in [2.05, 4.69) is 6.92 Å². The molecule has 0 bridgehead atoms. The Hall–Kier alpha value is -0.370. The maximum Gasteiger partial charge on any atom is 0.133 e. The topological polar surface area (TPSA) is 37.3 Å². The maximum atomic E-state index is 12.3. The van der Waals surface area contributed by atoms with Gasteiger partial charge in [0.25, 0.3) is 0 Å². The van der Waals surface area contributed by atoms with E-state index in [0.717, 1.165) is 48.9 Å². The van der Waals surface area contributed by atoms with E-state index in [4.69, 9.17) is 0 Å². The summed E-state index contributed by atoms with van der Waals surface area (Å²) in [5.41, 5.74) is 0.341. The second-order valence-electron chi connectivity index (χ2n) is 9.27. The zero-order chi connectivity index (χ0) is 16.2. The fraction of sp³-hybridized carbons (Fsp3) is 0.952. The van der Waals surface area contributed by atoms with E-state index < -0.39 is 0 Å². The van der Waals surface area contributed by atoms with Crippen molar-refractivity contribution in [3.8, 4) is 0 Å². The maximum absolute atomic E-state index is 12.3. The van der Waals surface area contributed by atoms with Crippen molar-refractivity contribution < 1.29 is 9.90 Å².